The van der Waals surface area contributed by atoms with Crippen molar-refractivity contribution in [1.29, 1.82) is 0 Å². The van der Waals surface area contributed by atoms with E-state index in [4.69, 9.17) is 6.42 Å². The maximum absolute atomic E-state index is 11.6. The first-order chi connectivity index (χ1) is 8.22. The van der Waals surface area contributed by atoms with Crippen LogP contribution in [0.4, 0.5) is 5.69 Å². The second-order valence-corrected chi connectivity index (χ2v) is 4.60. The molecule has 17 heavy (non-hydrogen) atoms. The number of hydrogen-bond acceptors (Lipinski definition) is 2. The lowest BCUT2D eigenvalue weighted by Crippen LogP contribution is -2.27. The number of carbonyl (C=O) groups is 1. The number of Topliss-reactive ketones (excluding diaryl/α,β-unsaturated/α-hetero) is 1. The SMILES string of the molecule is C#CCN(CC1CC1)c1ccccc1C(C)=O. The van der Waals surface area contributed by atoms with Crippen LogP contribution in [0.5, 0.6) is 0 Å². The molecule has 2 rings (SSSR count). The number of para-hydroxylation sites is 1. The molecule has 0 atom stereocenters. The predicted molar refractivity (Wildman–Crippen MR) is 70.2 cm³/mol. The molecule has 1 aromatic rings. The smallest absolute Gasteiger partial charge is 0.161 e. The van der Waals surface area contributed by atoms with E-state index in [-0.39, 0.29) is 5.78 Å². The molecule has 1 aromatic carbocycles. The summed E-state index contributed by atoms with van der Waals surface area (Å²) >= 11 is 0. The molecule has 1 saturated carbocycles. The third kappa shape index (κ3) is 2.88. The number of nitrogens with zero attached hydrogens (tertiary/aromatic N) is 1. The normalized spacial score (nSPS) is 14.1. The van der Waals surface area contributed by atoms with Crippen LogP contribution in [0.1, 0.15) is 30.1 Å². The van der Waals surface area contributed by atoms with Crippen molar-refractivity contribution >= 4 is 11.5 Å². The van der Waals surface area contributed by atoms with Crippen molar-refractivity contribution in [2.45, 2.75) is 19.8 Å². The summed E-state index contributed by atoms with van der Waals surface area (Å²) in [5.41, 5.74) is 1.74. The Balaban J connectivity index is 2.27. The number of rotatable bonds is 5. The zero-order valence-electron chi connectivity index (χ0n) is 10.1. The molecule has 0 heterocycles. The van der Waals surface area contributed by atoms with Gasteiger partial charge < -0.3 is 4.90 Å². The van der Waals surface area contributed by atoms with E-state index in [1.165, 1.54) is 12.8 Å². The minimum Gasteiger partial charge on any atom is -0.360 e. The van der Waals surface area contributed by atoms with Crippen LogP contribution in [0.25, 0.3) is 0 Å². The van der Waals surface area contributed by atoms with Gasteiger partial charge in [-0.3, -0.25) is 4.79 Å². The van der Waals surface area contributed by atoms with Crippen molar-refractivity contribution < 1.29 is 4.79 Å². The molecule has 1 aliphatic carbocycles. The van der Waals surface area contributed by atoms with E-state index >= 15 is 0 Å². The highest BCUT2D eigenvalue weighted by molar-refractivity contribution is 5.99. The topological polar surface area (TPSA) is 20.3 Å². The summed E-state index contributed by atoms with van der Waals surface area (Å²) in [6.07, 6.45) is 7.97. The molecule has 0 saturated heterocycles. The Morgan fingerprint density at radius 2 is 2.18 bits per heavy atom. The molecule has 1 aliphatic rings. The minimum atomic E-state index is 0.0958. The number of terminal acetylenes is 1. The average Bonchev–Trinajstić information content (AvgIpc) is 3.12. The average molecular weight is 227 g/mol. The van der Waals surface area contributed by atoms with Gasteiger partial charge in [0.2, 0.25) is 0 Å². The molecule has 0 unspecified atom stereocenters. The van der Waals surface area contributed by atoms with E-state index in [2.05, 4.69) is 10.8 Å². The van der Waals surface area contributed by atoms with Gasteiger partial charge in [-0.25, -0.2) is 0 Å². The number of ketones is 1. The standard InChI is InChI=1S/C15H17NO/c1-3-10-16(11-13-8-9-13)15-7-5-4-6-14(15)12(2)17/h1,4-7,13H,8-11H2,2H3. The van der Waals surface area contributed by atoms with Gasteiger partial charge in [-0.1, -0.05) is 18.1 Å². The maximum Gasteiger partial charge on any atom is 0.161 e. The Hall–Kier alpha value is -1.75. The highest BCUT2D eigenvalue weighted by Crippen LogP contribution is 2.32. The highest BCUT2D eigenvalue weighted by atomic mass is 16.1. The molecule has 0 bridgehead atoms. The number of carbonyl (C=O) groups excluding carboxylic acids is 1. The highest BCUT2D eigenvalue weighted by Gasteiger charge is 2.25. The number of anilines is 1. The summed E-state index contributed by atoms with van der Waals surface area (Å²) in [6.45, 7) is 3.14. The monoisotopic (exact) mass is 227 g/mol. The van der Waals surface area contributed by atoms with Crippen LogP contribution in [-0.4, -0.2) is 18.9 Å². The Bertz CT molecular complexity index is 454. The molecule has 88 valence electrons. The van der Waals surface area contributed by atoms with Crippen molar-refractivity contribution in [3.05, 3.63) is 29.8 Å². The van der Waals surface area contributed by atoms with Crippen LogP contribution in [0.3, 0.4) is 0 Å². The molecule has 0 spiro atoms. The predicted octanol–water partition coefficient (Wildman–Crippen LogP) is 2.74. The van der Waals surface area contributed by atoms with E-state index < -0.39 is 0 Å². The van der Waals surface area contributed by atoms with Gasteiger partial charge in [-0.2, -0.15) is 0 Å². The first kappa shape index (κ1) is 11.7. The summed E-state index contributed by atoms with van der Waals surface area (Å²) < 4.78 is 0. The molecule has 0 aromatic heterocycles. The van der Waals surface area contributed by atoms with Crippen molar-refractivity contribution in [2.75, 3.05) is 18.0 Å². The van der Waals surface area contributed by atoms with Gasteiger partial charge in [-0.05, 0) is 37.8 Å². The molecule has 0 aliphatic heterocycles. The molecular weight excluding hydrogens is 210 g/mol. The fourth-order valence-corrected chi connectivity index (χ4v) is 2.02. The largest absolute Gasteiger partial charge is 0.360 e. The van der Waals surface area contributed by atoms with Crippen molar-refractivity contribution in [2.24, 2.45) is 5.92 Å². The summed E-state index contributed by atoms with van der Waals surface area (Å²) in [6, 6.07) is 7.70. The lowest BCUT2D eigenvalue weighted by atomic mass is 10.1. The second kappa shape index (κ2) is 5.05. The molecule has 0 radical (unpaired) electrons. The zero-order valence-corrected chi connectivity index (χ0v) is 10.1. The van der Waals surface area contributed by atoms with Gasteiger partial charge in [0.05, 0.1) is 6.54 Å². The van der Waals surface area contributed by atoms with E-state index in [0.717, 1.165) is 23.7 Å². The molecule has 0 amide bonds. The van der Waals surface area contributed by atoms with Gasteiger partial charge in [-0.15, -0.1) is 6.42 Å². The zero-order chi connectivity index (χ0) is 12.3. The van der Waals surface area contributed by atoms with Gasteiger partial charge in [0.25, 0.3) is 0 Å². The quantitative estimate of drug-likeness (QED) is 0.569. The Morgan fingerprint density at radius 3 is 2.76 bits per heavy atom. The number of hydrogen-bond donors (Lipinski definition) is 0. The lowest BCUT2D eigenvalue weighted by molar-refractivity contribution is 0.101. The van der Waals surface area contributed by atoms with Gasteiger partial charge in [0.1, 0.15) is 0 Å². The summed E-state index contributed by atoms with van der Waals surface area (Å²) in [5, 5.41) is 0. The first-order valence-corrected chi connectivity index (χ1v) is 6.00. The Kier molecular flexibility index (Phi) is 3.49. The van der Waals surface area contributed by atoms with E-state index in [1.54, 1.807) is 6.92 Å². The van der Waals surface area contributed by atoms with Crippen LogP contribution < -0.4 is 4.90 Å². The van der Waals surface area contributed by atoms with Crippen molar-refractivity contribution in [1.82, 2.24) is 0 Å². The second-order valence-electron chi connectivity index (χ2n) is 4.60. The fourth-order valence-electron chi connectivity index (χ4n) is 2.02. The van der Waals surface area contributed by atoms with Crippen molar-refractivity contribution in [3.63, 3.8) is 0 Å². The van der Waals surface area contributed by atoms with E-state index in [9.17, 15) is 4.79 Å². The summed E-state index contributed by atoms with van der Waals surface area (Å²) in [5.74, 6) is 3.53. The number of benzene rings is 1. The van der Waals surface area contributed by atoms with Gasteiger partial charge >= 0.3 is 0 Å². The first-order valence-electron chi connectivity index (χ1n) is 6.00. The molecular formula is C15H17NO. The Labute approximate surface area is 103 Å². The van der Waals surface area contributed by atoms with E-state index in [1.807, 2.05) is 24.3 Å². The van der Waals surface area contributed by atoms with Crippen LogP contribution in [0.2, 0.25) is 0 Å². The van der Waals surface area contributed by atoms with Crippen LogP contribution in [0, 0.1) is 18.3 Å². The third-order valence-electron chi connectivity index (χ3n) is 3.08. The van der Waals surface area contributed by atoms with Crippen LogP contribution >= 0.6 is 0 Å². The van der Waals surface area contributed by atoms with Gasteiger partial charge in [0, 0.05) is 17.8 Å². The summed E-state index contributed by atoms with van der Waals surface area (Å²) in [4.78, 5) is 13.7. The molecule has 1 fully saturated rings. The maximum atomic E-state index is 11.6. The fraction of sp³-hybridized carbons (Fsp3) is 0.400. The lowest BCUT2D eigenvalue weighted by Gasteiger charge is -2.24. The van der Waals surface area contributed by atoms with Crippen LogP contribution in [0.15, 0.2) is 24.3 Å². The minimum absolute atomic E-state index is 0.0958. The third-order valence-corrected chi connectivity index (χ3v) is 3.08. The summed E-state index contributed by atoms with van der Waals surface area (Å²) in [7, 11) is 0. The molecule has 2 nitrogen and oxygen atoms in total. The Morgan fingerprint density at radius 1 is 1.47 bits per heavy atom. The van der Waals surface area contributed by atoms with E-state index in [0.29, 0.717) is 6.54 Å². The molecule has 2 heteroatoms. The van der Waals surface area contributed by atoms with Gasteiger partial charge in [0.15, 0.2) is 5.78 Å². The molecule has 0 N–H and O–H groups in total. The van der Waals surface area contributed by atoms with Crippen molar-refractivity contribution in [3.8, 4) is 12.3 Å². The van der Waals surface area contributed by atoms with Crippen LogP contribution in [-0.2, 0) is 0 Å².